The molecule has 8 nitrogen and oxygen atoms in total. The lowest BCUT2D eigenvalue weighted by atomic mass is 10.5. The van der Waals surface area contributed by atoms with E-state index in [-0.39, 0.29) is 19.2 Å². The van der Waals surface area contributed by atoms with Crippen LogP contribution in [0.2, 0.25) is 0 Å². The number of nitrogen functional groups attached to an aromatic ring is 1. The maximum atomic E-state index is 11.4. The highest BCUT2D eigenvalue weighted by Gasteiger charge is 2.19. The number of nitrogens with one attached hydrogen (secondary N) is 1. The lowest BCUT2D eigenvalue weighted by molar-refractivity contribution is -0.144. The Balaban J connectivity index is 1.67. The van der Waals surface area contributed by atoms with Gasteiger partial charge in [0.15, 0.2) is 0 Å². The highest BCUT2D eigenvalue weighted by Crippen LogP contribution is 1.99. The van der Waals surface area contributed by atoms with Crippen LogP contribution < -0.4 is 11.1 Å². The molecule has 0 radical (unpaired) electrons. The third-order valence-corrected chi connectivity index (χ3v) is 2.51. The van der Waals surface area contributed by atoms with Gasteiger partial charge in [-0.05, 0) is 0 Å². The highest BCUT2D eigenvalue weighted by atomic mass is 16.5. The van der Waals surface area contributed by atoms with Gasteiger partial charge in [-0.3, -0.25) is 9.48 Å². The Morgan fingerprint density at radius 1 is 1.61 bits per heavy atom. The normalized spacial score (nSPS) is 14.7. The van der Waals surface area contributed by atoms with Gasteiger partial charge in [0.05, 0.1) is 18.4 Å². The summed E-state index contributed by atoms with van der Waals surface area (Å²) >= 11 is 0. The molecule has 1 fully saturated rings. The number of amides is 2. The molecule has 1 saturated heterocycles. The first-order valence-corrected chi connectivity index (χ1v) is 5.61. The number of nitrogens with zero attached hydrogens (tertiary/aromatic N) is 3. The molecule has 18 heavy (non-hydrogen) atoms. The summed E-state index contributed by atoms with van der Waals surface area (Å²) in [7, 11) is 0. The quantitative estimate of drug-likeness (QED) is 0.657. The van der Waals surface area contributed by atoms with Crippen LogP contribution in [-0.2, 0) is 16.1 Å². The van der Waals surface area contributed by atoms with Crippen molar-refractivity contribution in [2.24, 2.45) is 0 Å². The molecule has 1 aromatic heterocycles. The van der Waals surface area contributed by atoms with E-state index in [4.69, 9.17) is 10.5 Å². The molecule has 2 heterocycles. The minimum Gasteiger partial charge on any atom is -0.462 e. The van der Waals surface area contributed by atoms with Gasteiger partial charge in [0.2, 0.25) is 0 Å². The maximum absolute atomic E-state index is 11.4. The van der Waals surface area contributed by atoms with E-state index < -0.39 is 5.97 Å². The summed E-state index contributed by atoms with van der Waals surface area (Å²) < 4.78 is 6.41. The first-order chi connectivity index (χ1) is 8.65. The van der Waals surface area contributed by atoms with E-state index in [1.54, 1.807) is 11.1 Å². The average molecular weight is 253 g/mol. The van der Waals surface area contributed by atoms with Gasteiger partial charge < -0.3 is 20.7 Å². The number of hydrogen-bond donors (Lipinski definition) is 2. The van der Waals surface area contributed by atoms with Crippen LogP contribution in [0.4, 0.5) is 10.5 Å². The predicted molar refractivity (Wildman–Crippen MR) is 62.6 cm³/mol. The first kappa shape index (κ1) is 12.2. The Morgan fingerprint density at radius 2 is 2.44 bits per heavy atom. The molecule has 1 aromatic rings. The molecule has 0 aromatic carbocycles. The predicted octanol–water partition coefficient (Wildman–Crippen LogP) is -0.966. The highest BCUT2D eigenvalue weighted by molar-refractivity contribution is 5.76. The van der Waals surface area contributed by atoms with Crippen molar-refractivity contribution in [3.63, 3.8) is 0 Å². The van der Waals surface area contributed by atoms with Crippen molar-refractivity contribution in [2.45, 2.75) is 6.54 Å². The fourth-order valence-corrected chi connectivity index (χ4v) is 1.64. The molecule has 0 spiro atoms. The lowest BCUT2D eigenvalue weighted by Crippen LogP contribution is -2.32. The molecule has 2 amide bonds. The summed E-state index contributed by atoms with van der Waals surface area (Å²) in [5.74, 6) is -0.405. The number of hydrogen-bond acceptors (Lipinski definition) is 5. The van der Waals surface area contributed by atoms with Gasteiger partial charge in [-0.1, -0.05) is 0 Å². The van der Waals surface area contributed by atoms with E-state index in [9.17, 15) is 9.59 Å². The number of esters is 1. The largest absolute Gasteiger partial charge is 0.462 e. The molecule has 0 bridgehead atoms. The summed E-state index contributed by atoms with van der Waals surface area (Å²) in [5, 5.41) is 6.54. The third-order valence-electron chi connectivity index (χ3n) is 2.51. The molecule has 1 aliphatic heterocycles. The molecule has 2 rings (SSSR count). The standard InChI is InChI=1S/C10H15N5O3/c11-8-5-13-15(6-8)7-9(16)18-4-3-14-2-1-12-10(14)17/h5-6H,1-4,7,11H2,(H,12,17). The second-order valence-electron chi connectivity index (χ2n) is 3.91. The number of aromatic nitrogens is 2. The molecule has 3 N–H and O–H groups in total. The van der Waals surface area contributed by atoms with Crippen molar-refractivity contribution in [3.05, 3.63) is 12.4 Å². The minimum atomic E-state index is -0.405. The van der Waals surface area contributed by atoms with Crippen molar-refractivity contribution in [3.8, 4) is 0 Å². The number of rotatable bonds is 5. The molecular formula is C10H15N5O3. The van der Waals surface area contributed by atoms with Gasteiger partial charge in [-0.25, -0.2) is 4.79 Å². The van der Waals surface area contributed by atoms with Crippen LogP contribution in [0.15, 0.2) is 12.4 Å². The van der Waals surface area contributed by atoms with Crippen LogP contribution >= 0.6 is 0 Å². The van der Waals surface area contributed by atoms with Crippen LogP contribution in [0.3, 0.4) is 0 Å². The van der Waals surface area contributed by atoms with Crippen molar-refractivity contribution in [1.82, 2.24) is 20.0 Å². The van der Waals surface area contributed by atoms with Crippen LogP contribution in [0.5, 0.6) is 0 Å². The van der Waals surface area contributed by atoms with Crippen molar-refractivity contribution in [2.75, 3.05) is 32.0 Å². The molecule has 0 saturated carbocycles. The molecular weight excluding hydrogens is 238 g/mol. The van der Waals surface area contributed by atoms with Crippen LogP contribution in [0, 0.1) is 0 Å². The Kier molecular flexibility index (Phi) is 3.66. The van der Waals surface area contributed by atoms with E-state index in [1.807, 2.05) is 0 Å². The minimum absolute atomic E-state index is 0.0173. The van der Waals surface area contributed by atoms with Crippen molar-refractivity contribution >= 4 is 17.7 Å². The number of nitrogens with two attached hydrogens (primary N) is 1. The lowest BCUT2D eigenvalue weighted by Gasteiger charge is -2.13. The molecule has 8 heteroatoms. The zero-order chi connectivity index (χ0) is 13.0. The molecule has 1 aliphatic rings. The second-order valence-corrected chi connectivity index (χ2v) is 3.91. The van der Waals surface area contributed by atoms with Crippen molar-refractivity contribution in [1.29, 1.82) is 0 Å². The maximum Gasteiger partial charge on any atom is 0.327 e. The average Bonchev–Trinajstić information content (AvgIpc) is 2.89. The fraction of sp³-hybridized carbons (Fsp3) is 0.500. The summed E-state index contributed by atoms with van der Waals surface area (Å²) in [5.41, 5.74) is 5.96. The summed E-state index contributed by atoms with van der Waals surface area (Å²) in [6, 6.07) is -0.120. The summed E-state index contributed by atoms with van der Waals surface area (Å²) in [6.45, 7) is 1.89. The van der Waals surface area contributed by atoms with E-state index in [1.165, 1.54) is 10.9 Å². The Hall–Kier alpha value is -2.25. The van der Waals surface area contributed by atoms with Crippen LogP contribution in [0.1, 0.15) is 0 Å². The van der Waals surface area contributed by atoms with Gasteiger partial charge >= 0.3 is 12.0 Å². The summed E-state index contributed by atoms with van der Waals surface area (Å²) in [6.07, 6.45) is 3.01. The number of ether oxygens (including phenoxy) is 1. The summed E-state index contributed by atoms with van der Waals surface area (Å²) in [4.78, 5) is 24.2. The van der Waals surface area contributed by atoms with Crippen molar-refractivity contribution < 1.29 is 14.3 Å². The zero-order valence-electron chi connectivity index (χ0n) is 9.83. The first-order valence-electron chi connectivity index (χ1n) is 5.61. The van der Waals surface area contributed by atoms with Gasteiger partial charge in [0.1, 0.15) is 13.2 Å². The van der Waals surface area contributed by atoms with Gasteiger partial charge in [0, 0.05) is 19.3 Å². The molecule has 0 atom stereocenters. The monoisotopic (exact) mass is 253 g/mol. The molecule has 0 aliphatic carbocycles. The van der Waals surface area contributed by atoms with Gasteiger partial charge in [0.25, 0.3) is 0 Å². The second kappa shape index (κ2) is 5.39. The number of urea groups is 1. The van der Waals surface area contributed by atoms with Gasteiger partial charge in [-0.15, -0.1) is 0 Å². The Morgan fingerprint density at radius 3 is 3.06 bits per heavy atom. The van der Waals surface area contributed by atoms with Gasteiger partial charge in [-0.2, -0.15) is 5.10 Å². The topological polar surface area (TPSA) is 102 Å². The van der Waals surface area contributed by atoms with E-state index in [0.29, 0.717) is 25.3 Å². The Bertz CT molecular complexity index is 444. The molecule has 98 valence electrons. The molecule has 0 unspecified atom stereocenters. The SMILES string of the molecule is Nc1cnn(CC(=O)OCCN2CCNC2=O)c1. The van der Waals surface area contributed by atoms with E-state index in [2.05, 4.69) is 10.4 Å². The van der Waals surface area contributed by atoms with E-state index in [0.717, 1.165) is 0 Å². The van der Waals surface area contributed by atoms with E-state index >= 15 is 0 Å². The van der Waals surface area contributed by atoms with Crippen LogP contribution in [0.25, 0.3) is 0 Å². The zero-order valence-corrected chi connectivity index (χ0v) is 9.83. The Labute approximate surface area is 104 Å². The number of carbonyl (C=O) groups excluding carboxylic acids is 2. The number of carbonyl (C=O) groups is 2. The third kappa shape index (κ3) is 3.12. The smallest absolute Gasteiger partial charge is 0.327 e. The number of anilines is 1. The fourth-order valence-electron chi connectivity index (χ4n) is 1.64. The van der Waals surface area contributed by atoms with Crippen LogP contribution in [-0.4, -0.2) is 52.9 Å².